The summed E-state index contributed by atoms with van der Waals surface area (Å²) in [5, 5.41) is 3.67. The van der Waals surface area contributed by atoms with Gasteiger partial charge in [0.25, 0.3) is 0 Å². The van der Waals surface area contributed by atoms with E-state index in [1.807, 2.05) is 54.1 Å². The molecule has 0 spiro atoms. The van der Waals surface area contributed by atoms with Crippen LogP contribution in [0.4, 0.5) is 11.6 Å². The van der Waals surface area contributed by atoms with E-state index < -0.39 is 0 Å². The molecular formula is C19H17ClN6O. The SMILES string of the molecule is Cn1c(NCc2ccc(Oc3cnc(Cl)cn3)cc2)nc2ccc(N)cc21. The number of aryl methyl sites for hydroxylation is 1. The van der Waals surface area contributed by atoms with E-state index in [0.717, 1.165) is 28.2 Å². The number of fused-ring (bicyclic) bond motifs is 1. The molecule has 8 heteroatoms. The summed E-state index contributed by atoms with van der Waals surface area (Å²) in [7, 11) is 1.96. The molecule has 2 heterocycles. The van der Waals surface area contributed by atoms with E-state index in [9.17, 15) is 0 Å². The largest absolute Gasteiger partial charge is 0.438 e. The first-order valence-corrected chi connectivity index (χ1v) is 8.66. The molecule has 136 valence electrons. The van der Waals surface area contributed by atoms with Crippen molar-refractivity contribution in [2.75, 3.05) is 11.1 Å². The number of rotatable bonds is 5. The Labute approximate surface area is 160 Å². The Hall–Kier alpha value is -3.32. The predicted octanol–water partition coefficient (Wildman–Crippen LogP) is 4.00. The highest BCUT2D eigenvalue weighted by Gasteiger charge is 2.08. The fourth-order valence-corrected chi connectivity index (χ4v) is 2.79. The van der Waals surface area contributed by atoms with Crippen LogP contribution < -0.4 is 15.8 Å². The molecule has 0 aliphatic rings. The summed E-state index contributed by atoms with van der Waals surface area (Å²) in [6, 6.07) is 13.4. The van der Waals surface area contributed by atoms with Crippen molar-refractivity contribution in [3.8, 4) is 11.6 Å². The minimum Gasteiger partial charge on any atom is -0.438 e. The van der Waals surface area contributed by atoms with E-state index >= 15 is 0 Å². The molecule has 0 unspecified atom stereocenters. The second kappa shape index (κ2) is 7.13. The number of hydrogen-bond acceptors (Lipinski definition) is 6. The first-order chi connectivity index (χ1) is 13.1. The Morgan fingerprint density at radius 1 is 1.11 bits per heavy atom. The summed E-state index contributed by atoms with van der Waals surface area (Å²) in [5.74, 6) is 1.85. The Bertz CT molecular complexity index is 1080. The van der Waals surface area contributed by atoms with E-state index in [-0.39, 0.29) is 0 Å². The van der Waals surface area contributed by atoms with E-state index in [2.05, 4.69) is 20.3 Å². The van der Waals surface area contributed by atoms with Gasteiger partial charge in [-0.25, -0.2) is 15.0 Å². The molecule has 7 nitrogen and oxygen atoms in total. The van der Waals surface area contributed by atoms with Crippen LogP contribution in [0.15, 0.2) is 54.9 Å². The van der Waals surface area contributed by atoms with Gasteiger partial charge in [0.15, 0.2) is 0 Å². The zero-order chi connectivity index (χ0) is 18.8. The van der Waals surface area contributed by atoms with Gasteiger partial charge in [-0.15, -0.1) is 0 Å². The number of hydrogen-bond donors (Lipinski definition) is 2. The average molecular weight is 381 g/mol. The van der Waals surface area contributed by atoms with Crippen molar-refractivity contribution < 1.29 is 4.74 Å². The van der Waals surface area contributed by atoms with Crippen LogP contribution in [0.5, 0.6) is 11.6 Å². The molecule has 4 rings (SSSR count). The maximum atomic E-state index is 5.86. The summed E-state index contributed by atoms with van der Waals surface area (Å²) in [6.45, 7) is 0.633. The van der Waals surface area contributed by atoms with Gasteiger partial charge in [-0.05, 0) is 35.9 Å². The van der Waals surface area contributed by atoms with Crippen LogP contribution in [0.25, 0.3) is 11.0 Å². The molecule has 0 atom stereocenters. The monoisotopic (exact) mass is 380 g/mol. The number of anilines is 2. The topological polar surface area (TPSA) is 90.9 Å². The number of nitrogens with one attached hydrogen (secondary N) is 1. The number of nitrogens with zero attached hydrogens (tertiary/aromatic N) is 4. The zero-order valence-corrected chi connectivity index (χ0v) is 15.3. The first kappa shape index (κ1) is 17.1. The van der Waals surface area contributed by atoms with Gasteiger partial charge in [0, 0.05) is 19.3 Å². The van der Waals surface area contributed by atoms with Gasteiger partial charge in [-0.3, -0.25) is 0 Å². The van der Waals surface area contributed by atoms with Gasteiger partial charge < -0.3 is 20.4 Å². The van der Waals surface area contributed by atoms with E-state index in [4.69, 9.17) is 22.1 Å². The van der Waals surface area contributed by atoms with Gasteiger partial charge in [-0.2, -0.15) is 0 Å². The van der Waals surface area contributed by atoms with Crippen molar-refractivity contribution >= 4 is 34.3 Å². The number of nitrogen functional groups attached to an aromatic ring is 1. The number of imidazole rings is 1. The standard InChI is InChI=1S/C19H17ClN6O/c1-26-16-8-13(21)4-7-15(16)25-19(26)24-9-12-2-5-14(6-3-12)27-18-11-22-17(20)10-23-18/h2-8,10-11H,9,21H2,1H3,(H,24,25). The molecule has 2 aromatic heterocycles. The summed E-state index contributed by atoms with van der Waals surface area (Å²) < 4.78 is 7.63. The Morgan fingerprint density at radius 3 is 2.67 bits per heavy atom. The number of halogens is 1. The van der Waals surface area contributed by atoms with Crippen molar-refractivity contribution in [2.45, 2.75) is 6.54 Å². The van der Waals surface area contributed by atoms with E-state index in [1.54, 1.807) is 0 Å². The van der Waals surface area contributed by atoms with Gasteiger partial charge in [0.1, 0.15) is 10.9 Å². The maximum Gasteiger partial charge on any atom is 0.237 e. The molecule has 0 aliphatic heterocycles. The normalized spacial score (nSPS) is 10.9. The summed E-state index contributed by atoms with van der Waals surface area (Å²) in [6.07, 6.45) is 2.93. The lowest BCUT2D eigenvalue weighted by Crippen LogP contribution is -2.04. The molecule has 0 bridgehead atoms. The number of nitrogens with two attached hydrogens (primary N) is 1. The van der Waals surface area contributed by atoms with Crippen molar-refractivity contribution in [1.29, 1.82) is 0 Å². The highest BCUT2D eigenvalue weighted by Crippen LogP contribution is 2.22. The second-order valence-corrected chi connectivity index (χ2v) is 6.41. The van der Waals surface area contributed by atoms with E-state index in [0.29, 0.717) is 23.3 Å². The third-order valence-corrected chi connectivity index (χ3v) is 4.29. The van der Waals surface area contributed by atoms with Gasteiger partial charge in [-0.1, -0.05) is 23.7 Å². The Balaban J connectivity index is 1.43. The van der Waals surface area contributed by atoms with Crippen LogP contribution in [0.3, 0.4) is 0 Å². The second-order valence-electron chi connectivity index (χ2n) is 6.02. The molecule has 4 aromatic rings. The molecule has 0 saturated heterocycles. The number of ether oxygens (including phenoxy) is 1. The summed E-state index contributed by atoms with van der Waals surface area (Å²) in [5.41, 5.74) is 9.57. The van der Waals surface area contributed by atoms with Gasteiger partial charge in [0.05, 0.1) is 23.4 Å². The van der Waals surface area contributed by atoms with Crippen LogP contribution in [-0.2, 0) is 13.6 Å². The van der Waals surface area contributed by atoms with Crippen molar-refractivity contribution in [2.24, 2.45) is 7.05 Å². The maximum absolute atomic E-state index is 5.86. The molecule has 0 fully saturated rings. The molecule has 3 N–H and O–H groups in total. The lowest BCUT2D eigenvalue weighted by atomic mass is 10.2. The van der Waals surface area contributed by atoms with Crippen LogP contribution in [-0.4, -0.2) is 19.5 Å². The Morgan fingerprint density at radius 2 is 1.93 bits per heavy atom. The fraction of sp³-hybridized carbons (Fsp3) is 0.105. The minimum absolute atomic E-state index is 0.327. The van der Waals surface area contributed by atoms with Crippen LogP contribution in [0.1, 0.15) is 5.56 Å². The molecule has 0 saturated carbocycles. The lowest BCUT2D eigenvalue weighted by Gasteiger charge is -2.08. The molecule has 0 aliphatic carbocycles. The van der Waals surface area contributed by atoms with Crippen molar-refractivity contribution in [3.63, 3.8) is 0 Å². The highest BCUT2D eigenvalue weighted by molar-refractivity contribution is 6.29. The quantitative estimate of drug-likeness (QED) is 0.508. The number of benzene rings is 2. The van der Waals surface area contributed by atoms with Crippen LogP contribution in [0, 0.1) is 0 Å². The molecule has 2 aromatic carbocycles. The third kappa shape index (κ3) is 3.78. The Kier molecular flexibility index (Phi) is 4.52. The molecule has 27 heavy (non-hydrogen) atoms. The predicted molar refractivity (Wildman–Crippen MR) is 106 cm³/mol. The van der Waals surface area contributed by atoms with Crippen LogP contribution >= 0.6 is 11.6 Å². The summed E-state index contributed by atoms with van der Waals surface area (Å²) >= 11 is 5.72. The van der Waals surface area contributed by atoms with Crippen molar-refractivity contribution in [1.82, 2.24) is 19.5 Å². The minimum atomic E-state index is 0.327. The fourth-order valence-electron chi connectivity index (χ4n) is 2.70. The average Bonchev–Trinajstić information content (AvgIpc) is 2.98. The molecule has 0 amide bonds. The van der Waals surface area contributed by atoms with E-state index in [1.165, 1.54) is 12.4 Å². The first-order valence-electron chi connectivity index (χ1n) is 8.29. The van der Waals surface area contributed by atoms with Gasteiger partial charge >= 0.3 is 0 Å². The zero-order valence-electron chi connectivity index (χ0n) is 14.6. The van der Waals surface area contributed by atoms with Gasteiger partial charge in [0.2, 0.25) is 11.8 Å². The van der Waals surface area contributed by atoms with Crippen molar-refractivity contribution in [3.05, 3.63) is 65.6 Å². The highest BCUT2D eigenvalue weighted by atomic mass is 35.5. The third-order valence-electron chi connectivity index (χ3n) is 4.10. The molecular weight excluding hydrogens is 364 g/mol. The smallest absolute Gasteiger partial charge is 0.237 e. The lowest BCUT2D eigenvalue weighted by molar-refractivity contribution is 0.460. The van der Waals surface area contributed by atoms with Crippen LogP contribution in [0.2, 0.25) is 5.15 Å². The number of aromatic nitrogens is 4. The molecule has 0 radical (unpaired) electrons. The summed E-state index contributed by atoms with van der Waals surface area (Å²) in [4.78, 5) is 12.6.